The van der Waals surface area contributed by atoms with Crippen molar-refractivity contribution in [2.24, 2.45) is 0 Å². The summed E-state index contributed by atoms with van der Waals surface area (Å²) in [5.41, 5.74) is 4.45. The number of fused-ring (bicyclic) bond motifs is 1. The third-order valence-corrected chi connectivity index (χ3v) is 3.87. The molecule has 8 heteroatoms. The third-order valence-electron chi connectivity index (χ3n) is 3.87. The molecule has 120 valence electrons. The van der Waals surface area contributed by atoms with Gasteiger partial charge in [-0.05, 0) is 26.8 Å². The first kappa shape index (κ1) is 16.5. The Bertz CT molecular complexity index is 634. The van der Waals surface area contributed by atoms with Crippen LogP contribution in [0, 0.1) is 13.8 Å². The predicted molar refractivity (Wildman–Crippen MR) is 85.1 cm³/mol. The van der Waals surface area contributed by atoms with Crippen LogP contribution in [0.2, 0.25) is 0 Å². The van der Waals surface area contributed by atoms with Gasteiger partial charge in [0.25, 0.3) is 5.91 Å². The lowest BCUT2D eigenvalue weighted by atomic mass is 10.1. The molecule has 22 heavy (non-hydrogen) atoms. The van der Waals surface area contributed by atoms with Gasteiger partial charge in [0.15, 0.2) is 5.69 Å². The second-order valence-electron chi connectivity index (χ2n) is 5.46. The Balaban J connectivity index is 0.00000176. The molecule has 0 saturated carbocycles. The van der Waals surface area contributed by atoms with Gasteiger partial charge in [0.1, 0.15) is 0 Å². The number of amides is 1. The quantitative estimate of drug-likeness (QED) is 0.792. The normalized spacial score (nSPS) is 14.9. The summed E-state index contributed by atoms with van der Waals surface area (Å²) in [6, 6.07) is 1.75. The Labute approximate surface area is 135 Å². The number of aryl methyl sites for hydroxylation is 2. The Morgan fingerprint density at radius 3 is 2.86 bits per heavy atom. The van der Waals surface area contributed by atoms with Crippen molar-refractivity contribution in [2.75, 3.05) is 6.54 Å². The number of nitrogens with zero attached hydrogens (tertiary/aromatic N) is 3. The molecule has 3 heterocycles. The van der Waals surface area contributed by atoms with Crippen LogP contribution in [0.4, 0.5) is 0 Å². The first-order valence-electron chi connectivity index (χ1n) is 7.16. The second kappa shape index (κ2) is 6.50. The van der Waals surface area contributed by atoms with Gasteiger partial charge in [-0.3, -0.25) is 14.6 Å². The minimum atomic E-state index is -0.149. The third kappa shape index (κ3) is 3.00. The van der Waals surface area contributed by atoms with Crippen LogP contribution in [0.5, 0.6) is 0 Å². The maximum Gasteiger partial charge on any atom is 0.272 e. The highest BCUT2D eigenvalue weighted by molar-refractivity contribution is 5.92. The molecule has 0 fully saturated rings. The zero-order valence-corrected chi connectivity index (χ0v) is 13.8. The topological polar surface area (TPSA) is 87.6 Å². The number of hydrogen-bond donors (Lipinski definition) is 3. The van der Waals surface area contributed by atoms with Gasteiger partial charge in [-0.1, -0.05) is 0 Å². The van der Waals surface area contributed by atoms with Crippen LogP contribution in [-0.2, 0) is 13.1 Å². The van der Waals surface area contributed by atoms with Crippen LogP contribution in [0.3, 0.4) is 0 Å². The fourth-order valence-corrected chi connectivity index (χ4v) is 2.84. The van der Waals surface area contributed by atoms with Crippen molar-refractivity contribution in [3.8, 4) is 0 Å². The Morgan fingerprint density at radius 2 is 2.23 bits per heavy atom. The summed E-state index contributed by atoms with van der Waals surface area (Å²) in [7, 11) is 0. The van der Waals surface area contributed by atoms with E-state index in [2.05, 4.69) is 25.9 Å². The fourth-order valence-electron chi connectivity index (χ4n) is 2.84. The van der Waals surface area contributed by atoms with Gasteiger partial charge in [-0.15, -0.1) is 12.4 Å². The molecule has 3 rings (SSSR count). The summed E-state index contributed by atoms with van der Waals surface area (Å²) >= 11 is 0. The molecule has 1 aliphatic rings. The zero-order valence-electron chi connectivity index (χ0n) is 12.9. The number of carbonyl (C=O) groups is 1. The van der Waals surface area contributed by atoms with Crippen LogP contribution in [-0.4, -0.2) is 32.4 Å². The number of nitrogens with one attached hydrogen (secondary N) is 3. The molecule has 2 aromatic rings. The molecule has 0 bridgehead atoms. The second-order valence-corrected chi connectivity index (χ2v) is 5.46. The van der Waals surface area contributed by atoms with E-state index in [1.54, 1.807) is 0 Å². The number of halogens is 1. The lowest BCUT2D eigenvalue weighted by Crippen LogP contribution is -2.29. The molecule has 1 atom stereocenters. The van der Waals surface area contributed by atoms with E-state index in [0.29, 0.717) is 5.69 Å². The molecule has 3 N–H and O–H groups in total. The molecule has 1 amide bonds. The Hall–Kier alpha value is -1.86. The standard InChI is InChI=1S/C14H20N6O.ClH/c1-8(13-9(2)17-18-10(13)3)16-14(21)12-6-11-7-15-4-5-20(11)19-12;/h6,8,15H,4-5,7H2,1-3H3,(H,16,21)(H,17,18);1H. The van der Waals surface area contributed by atoms with Gasteiger partial charge in [-0.2, -0.15) is 10.2 Å². The average molecular weight is 325 g/mol. The first-order chi connectivity index (χ1) is 10.1. The van der Waals surface area contributed by atoms with Gasteiger partial charge in [-0.25, -0.2) is 0 Å². The van der Waals surface area contributed by atoms with Crippen molar-refractivity contribution >= 4 is 18.3 Å². The number of carbonyl (C=O) groups excluding carboxylic acids is 1. The molecule has 0 saturated heterocycles. The molecule has 0 spiro atoms. The maximum absolute atomic E-state index is 12.4. The molecular weight excluding hydrogens is 304 g/mol. The fraction of sp³-hybridized carbons (Fsp3) is 0.500. The van der Waals surface area contributed by atoms with E-state index in [-0.39, 0.29) is 24.4 Å². The summed E-state index contributed by atoms with van der Waals surface area (Å²) in [4.78, 5) is 12.4. The zero-order chi connectivity index (χ0) is 15.0. The summed E-state index contributed by atoms with van der Waals surface area (Å²) in [6.45, 7) is 8.30. The maximum atomic E-state index is 12.4. The number of aromatic nitrogens is 4. The highest BCUT2D eigenvalue weighted by atomic mass is 35.5. The summed E-state index contributed by atoms with van der Waals surface area (Å²) in [5.74, 6) is -0.149. The van der Waals surface area contributed by atoms with E-state index < -0.39 is 0 Å². The Morgan fingerprint density at radius 1 is 1.45 bits per heavy atom. The van der Waals surface area contributed by atoms with Crippen molar-refractivity contribution in [1.82, 2.24) is 30.6 Å². The molecule has 1 aliphatic heterocycles. The predicted octanol–water partition coefficient (Wildman–Crippen LogP) is 1.24. The highest BCUT2D eigenvalue weighted by Crippen LogP contribution is 2.19. The molecule has 0 aliphatic carbocycles. The SMILES string of the molecule is Cc1n[nH]c(C)c1C(C)NC(=O)c1cc2n(n1)CCNC2.Cl. The summed E-state index contributed by atoms with van der Waals surface area (Å²) < 4.78 is 1.89. The van der Waals surface area contributed by atoms with E-state index in [4.69, 9.17) is 0 Å². The van der Waals surface area contributed by atoms with Gasteiger partial charge >= 0.3 is 0 Å². The number of rotatable bonds is 3. The van der Waals surface area contributed by atoms with Crippen LogP contribution in [0.15, 0.2) is 6.07 Å². The van der Waals surface area contributed by atoms with Crippen LogP contribution in [0.1, 0.15) is 46.1 Å². The Kier molecular flexibility index (Phi) is 4.87. The van der Waals surface area contributed by atoms with Crippen LogP contribution < -0.4 is 10.6 Å². The smallest absolute Gasteiger partial charge is 0.272 e. The number of aromatic amines is 1. The van der Waals surface area contributed by atoms with E-state index in [0.717, 1.165) is 42.3 Å². The number of H-pyrrole nitrogens is 1. The monoisotopic (exact) mass is 324 g/mol. The minimum absolute atomic E-state index is 0. The summed E-state index contributed by atoms with van der Waals surface area (Å²) in [6.07, 6.45) is 0. The van der Waals surface area contributed by atoms with Crippen molar-refractivity contribution in [3.05, 3.63) is 34.4 Å². The average Bonchev–Trinajstić information content (AvgIpc) is 3.02. The molecule has 0 radical (unpaired) electrons. The van der Waals surface area contributed by atoms with E-state index >= 15 is 0 Å². The van der Waals surface area contributed by atoms with Crippen molar-refractivity contribution in [1.29, 1.82) is 0 Å². The minimum Gasteiger partial charge on any atom is -0.344 e. The van der Waals surface area contributed by atoms with Crippen molar-refractivity contribution < 1.29 is 4.79 Å². The van der Waals surface area contributed by atoms with Gasteiger partial charge in [0.05, 0.1) is 24.0 Å². The van der Waals surface area contributed by atoms with E-state index in [1.165, 1.54) is 0 Å². The lowest BCUT2D eigenvalue weighted by molar-refractivity contribution is 0.0934. The van der Waals surface area contributed by atoms with Crippen molar-refractivity contribution in [2.45, 2.75) is 39.9 Å². The molecular formula is C14H21ClN6O. The lowest BCUT2D eigenvalue weighted by Gasteiger charge is -2.14. The highest BCUT2D eigenvalue weighted by Gasteiger charge is 2.20. The van der Waals surface area contributed by atoms with E-state index in [9.17, 15) is 4.79 Å². The van der Waals surface area contributed by atoms with Gasteiger partial charge in [0, 0.05) is 24.3 Å². The number of hydrogen-bond acceptors (Lipinski definition) is 4. The van der Waals surface area contributed by atoms with Gasteiger partial charge in [0.2, 0.25) is 0 Å². The summed E-state index contributed by atoms with van der Waals surface area (Å²) in [5, 5.41) is 17.7. The van der Waals surface area contributed by atoms with Gasteiger partial charge < -0.3 is 10.6 Å². The van der Waals surface area contributed by atoms with E-state index in [1.807, 2.05) is 31.5 Å². The molecule has 1 unspecified atom stereocenters. The molecule has 0 aromatic carbocycles. The first-order valence-corrected chi connectivity index (χ1v) is 7.16. The molecule has 7 nitrogen and oxygen atoms in total. The van der Waals surface area contributed by atoms with Crippen LogP contribution >= 0.6 is 12.4 Å². The van der Waals surface area contributed by atoms with Crippen molar-refractivity contribution in [3.63, 3.8) is 0 Å². The largest absolute Gasteiger partial charge is 0.344 e. The molecule has 2 aromatic heterocycles. The van der Waals surface area contributed by atoms with Crippen LogP contribution in [0.25, 0.3) is 0 Å².